The second-order valence-corrected chi connectivity index (χ2v) is 5.90. The third-order valence-electron chi connectivity index (χ3n) is 3.79. The van der Waals surface area contributed by atoms with Gasteiger partial charge in [0.05, 0.1) is 0 Å². The molecule has 3 atom stereocenters. The molecule has 3 nitrogen and oxygen atoms in total. The van der Waals surface area contributed by atoms with E-state index in [-0.39, 0.29) is 12.1 Å². The smallest absolute Gasteiger partial charge is 0.0445 e. The molecule has 0 aromatic rings. The van der Waals surface area contributed by atoms with Crippen molar-refractivity contribution >= 4 is 0 Å². The molecule has 0 aliphatic heterocycles. The summed E-state index contributed by atoms with van der Waals surface area (Å²) in [7, 11) is 0. The summed E-state index contributed by atoms with van der Waals surface area (Å²) in [6.07, 6.45) is 4.47. The van der Waals surface area contributed by atoms with Crippen molar-refractivity contribution in [3.63, 3.8) is 0 Å². The summed E-state index contributed by atoms with van der Waals surface area (Å²) in [5.41, 5.74) is 6.08. The lowest BCUT2D eigenvalue weighted by atomic mass is 9.71. The Balaban J connectivity index is 2.61. The zero-order valence-electron chi connectivity index (χ0n) is 11.0. The Bertz CT molecular complexity index is 198. The third kappa shape index (κ3) is 3.72. The molecule has 1 saturated carbocycles. The standard InChI is InChI=1S/C13H28N2O/c1-10-6-11(2)8-13(7-10,9-14)15-12(3)4-5-16/h10-12,15-16H,4-9,14H2,1-3H3. The van der Waals surface area contributed by atoms with Crippen LogP contribution < -0.4 is 11.1 Å². The molecule has 1 rings (SSSR count). The van der Waals surface area contributed by atoms with Crippen molar-refractivity contribution in [3.05, 3.63) is 0 Å². The van der Waals surface area contributed by atoms with Gasteiger partial charge in [-0.25, -0.2) is 0 Å². The number of hydrogen-bond acceptors (Lipinski definition) is 3. The highest BCUT2D eigenvalue weighted by Crippen LogP contribution is 2.35. The predicted octanol–water partition coefficient (Wildman–Crippen LogP) is 1.50. The highest BCUT2D eigenvalue weighted by atomic mass is 16.3. The van der Waals surface area contributed by atoms with Gasteiger partial charge in [0.15, 0.2) is 0 Å². The Labute approximate surface area is 99.8 Å². The van der Waals surface area contributed by atoms with Crippen LogP contribution in [-0.4, -0.2) is 29.8 Å². The summed E-state index contributed by atoms with van der Waals surface area (Å²) < 4.78 is 0. The molecule has 0 aromatic heterocycles. The van der Waals surface area contributed by atoms with Crippen LogP contribution in [-0.2, 0) is 0 Å². The number of rotatable bonds is 5. The average Bonchev–Trinajstić information content (AvgIpc) is 2.16. The molecule has 0 spiro atoms. The lowest BCUT2D eigenvalue weighted by molar-refractivity contribution is 0.131. The summed E-state index contributed by atoms with van der Waals surface area (Å²) >= 11 is 0. The van der Waals surface area contributed by atoms with Crippen molar-refractivity contribution in [1.82, 2.24) is 5.32 Å². The highest BCUT2D eigenvalue weighted by Gasteiger charge is 2.37. The number of nitrogens with one attached hydrogen (secondary N) is 1. The molecular weight excluding hydrogens is 200 g/mol. The zero-order chi connectivity index (χ0) is 12.2. The van der Waals surface area contributed by atoms with E-state index >= 15 is 0 Å². The fourth-order valence-corrected chi connectivity index (χ4v) is 3.40. The summed E-state index contributed by atoms with van der Waals surface area (Å²) in [4.78, 5) is 0. The first-order valence-electron chi connectivity index (χ1n) is 6.60. The van der Waals surface area contributed by atoms with Crippen LogP contribution in [0.3, 0.4) is 0 Å². The maximum Gasteiger partial charge on any atom is 0.0445 e. The van der Waals surface area contributed by atoms with Crippen molar-refractivity contribution in [2.24, 2.45) is 17.6 Å². The molecule has 1 fully saturated rings. The topological polar surface area (TPSA) is 58.3 Å². The van der Waals surface area contributed by atoms with Gasteiger partial charge in [-0.05, 0) is 44.4 Å². The predicted molar refractivity (Wildman–Crippen MR) is 68.3 cm³/mol. The molecule has 0 aromatic carbocycles. The van der Waals surface area contributed by atoms with E-state index in [0.717, 1.165) is 18.3 Å². The summed E-state index contributed by atoms with van der Waals surface area (Å²) in [5, 5.41) is 12.6. The first-order chi connectivity index (χ1) is 7.51. The Morgan fingerprint density at radius 3 is 2.38 bits per heavy atom. The van der Waals surface area contributed by atoms with Gasteiger partial charge in [-0.2, -0.15) is 0 Å². The summed E-state index contributed by atoms with van der Waals surface area (Å²) in [6.45, 7) is 7.73. The minimum absolute atomic E-state index is 0.103. The second kappa shape index (κ2) is 5.99. The minimum atomic E-state index is 0.103. The third-order valence-corrected chi connectivity index (χ3v) is 3.79. The normalized spacial score (nSPS) is 37.3. The molecule has 3 unspecified atom stereocenters. The Hall–Kier alpha value is -0.120. The van der Waals surface area contributed by atoms with Crippen LogP contribution in [0.15, 0.2) is 0 Å². The van der Waals surface area contributed by atoms with Crippen molar-refractivity contribution in [2.75, 3.05) is 13.2 Å². The number of aliphatic hydroxyl groups is 1. The van der Waals surface area contributed by atoms with Gasteiger partial charge in [-0.15, -0.1) is 0 Å². The van der Waals surface area contributed by atoms with Gasteiger partial charge in [-0.3, -0.25) is 0 Å². The van der Waals surface area contributed by atoms with Gasteiger partial charge in [0.25, 0.3) is 0 Å². The van der Waals surface area contributed by atoms with Gasteiger partial charge >= 0.3 is 0 Å². The van der Waals surface area contributed by atoms with E-state index in [0.29, 0.717) is 12.6 Å². The van der Waals surface area contributed by atoms with Gasteiger partial charge in [0, 0.05) is 24.7 Å². The van der Waals surface area contributed by atoms with E-state index in [2.05, 4.69) is 26.1 Å². The van der Waals surface area contributed by atoms with Crippen LogP contribution in [0, 0.1) is 11.8 Å². The van der Waals surface area contributed by atoms with Crippen LogP contribution in [0.1, 0.15) is 46.5 Å². The Morgan fingerprint density at radius 1 is 1.38 bits per heavy atom. The van der Waals surface area contributed by atoms with E-state index in [1.165, 1.54) is 19.3 Å². The van der Waals surface area contributed by atoms with Crippen LogP contribution in [0.4, 0.5) is 0 Å². The molecule has 0 bridgehead atoms. The van der Waals surface area contributed by atoms with Crippen LogP contribution in [0.5, 0.6) is 0 Å². The molecule has 0 saturated heterocycles. The maximum atomic E-state index is 8.96. The summed E-state index contributed by atoms with van der Waals surface area (Å²) in [6, 6.07) is 0.353. The lowest BCUT2D eigenvalue weighted by Crippen LogP contribution is -2.58. The maximum absolute atomic E-state index is 8.96. The lowest BCUT2D eigenvalue weighted by Gasteiger charge is -2.44. The monoisotopic (exact) mass is 228 g/mol. The van der Waals surface area contributed by atoms with E-state index in [4.69, 9.17) is 10.8 Å². The molecule has 1 aliphatic carbocycles. The molecule has 0 radical (unpaired) electrons. The van der Waals surface area contributed by atoms with Gasteiger partial charge < -0.3 is 16.2 Å². The van der Waals surface area contributed by atoms with E-state index in [1.54, 1.807) is 0 Å². The van der Waals surface area contributed by atoms with Crippen LogP contribution in [0.25, 0.3) is 0 Å². The molecule has 3 heteroatoms. The van der Waals surface area contributed by atoms with Crippen LogP contribution in [0.2, 0.25) is 0 Å². The molecule has 4 N–H and O–H groups in total. The number of hydrogen-bond donors (Lipinski definition) is 3. The van der Waals surface area contributed by atoms with Crippen molar-refractivity contribution < 1.29 is 5.11 Å². The van der Waals surface area contributed by atoms with Crippen molar-refractivity contribution in [3.8, 4) is 0 Å². The quantitative estimate of drug-likeness (QED) is 0.668. The zero-order valence-corrected chi connectivity index (χ0v) is 11.0. The van der Waals surface area contributed by atoms with Gasteiger partial charge in [0.1, 0.15) is 0 Å². The number of aliphatic hydroxyl groups excluding tert-OH is 1. The fourth-order valence-electron chi connectivity index (χ4n) is 3.40. The molecule has 16 heavy (non-hydrogen) atoms. The molecule has 1 aliphatic rings. The summed E-state index contributed by atoms with van der Waals surface area (Å²) in [5.74, 6) is 1.50. The second-order valence-electron chi connectivity index (χ2n) is 5.90. The molecule has 0 amide bonds. The first kappa shape index (κ1) is 13.9. The Kier molecular flexibility index (Phi) is 5.22. The van der Waals surface area contributed by atoms with Gasteiger partial charge in [0.2, 0.25) is 0 Å². The molecule has 96 valence electrons. The first-order valence-corrected chi connectivity index (χ1v) is 6.60. The molecular formula is C13H28N2O. The SMILES string of the molecule is CC1CC(C)CC(CN)(NC(C)CCO)C1. The van der Waals surface area contributed by atoms with Crippen molar-refractivity contribution in [2.45, 2.75) is 58.0 Å². The largest absolute Gasteiger partial charge is 0.396 e. The fraction of sp³-hybridized carbons (Fsp3) is 1.00. The Morgan fingerprint density at radius 2 is 1.94 bits per heavy atom. The average molecular weight is 228 g/mol. The minimum Gasteiger partial charge on any atom is -0.396 e. The van der Waals surface area contributed by atoms with Crippen LogP contribution >= 0.6 is 0 Å². The van der Waals surface area contributed by atoms with E-state index in [1.807, 2.05) is 0 Å². The van der Waals surface area contributed by atoms with Crippen molar-refractivity contribution in [1.29, 1.82) is 0 Å². The van der Waals surface area contributed by atoms with E-state index < -0.39 is 0 Å². The van der Waals surface area contributed by atoms with Gasteiger partial charge in [-0.1, -0.05) is 13.8 Å². The van der Waals surface area contributed by atoms with E-state index in [9.17, 15) is 0 Å². The number of nitrogens with two attached hydrogens (primary N) is 1. The highest BCUT2D eigenvalue weighted by molar-refractivity contribution is 4.97. The molecule has 0 heterocycles.